The van der Waals surface area contributed by atoms with Crippen LogP contribution in [0.2, 0.25) is 4.34 Å². The van der Waals surface area contributed by atoms with Crippen molar-refractivity contribution in [3.8, 4) is 6.07 Å². The molecular weight excluding hydrogens is 254 g/mol. The molecule has 86 valence electrons. The molecule has 0 bridgehead atoms. The molecule has 0 amide bonds. The van der Waals surface area contributed by atoms with Crippen LogP contribution < -0.4 is 4.90 Å². The van der Waals surface area contributed by atoms with E-state index in [9.17, 15) is 0 Å². The fraction of sp³-hybridized carbons (Fsp3) is 0.167. The summed E-state index contributed by atoms with van der Waals surface area (Å²) in [5.74, 6) is 0. The van der Waals surface area contributed by atoms with Gasteiger partial charge >= 0.3 is 0 Å². The number of aromatic nitrogens is 1. The highest BCUT2D eigenvalue weighted by atomic mass is 35.5. The van der Waals surface area contributed by atoms with E-state index in [1.165, 1.54) is 4.88 Å². The molecule has 0 spiro atoms. The average molecular weight is 264 g/mol. The van der Waals surface area contributed by atoms with Gasteiger partial charge in [-0.2, -0.15) is 5.26 Å². The molecule has 2 heterocycles. The lowest BCUT2D eigenvalue weighted by atomic mass is 10.3. The predicted molar refractivity (Wildman–Crippen MR) is 70.4 cm³/mol. The number of halogens is 1. The molecule has 3 nitrogen and oxygen atoms in total. The van der Waals surface area contributed by atoms with E-state index < -0.39 is 0 Å². The largest absolute Gasteiger partial charge is 0.369 e. The molecule has 0 aliphatic carbocycles. The number of hydrogen-bond acceptors (Lipinski definition) is 4. The lowest BCUT2D eigenvalue weighted by Gasteiger charge is -2.18. The first-order chi connectivity index (χ1) is 8.19. The van der Waals surface area contributed by atoms with Gasteiger partial charge in [0.2, 0.25) is 0 Å². The van der Waals surface area contributed by atoms with Crippen LogP contribution in [0, 0.1) is 11.3 Å². The average Bonchev–Trinajstić information content (AvgIpc) is 2.75. The van der Waals surface area contributed by atoms with Gasteiger partial charge in [0.1, 0.15) is 11.8 Å². The highest BCUT2D eigenvalue weighted by molar-refractivity contribution is 7.16. The summed E-state index contributed by atoms with van der Waals surface area (Å²) in [5, 5.41) is 8.79. The van der Waals surface area contributed by atoms with E-state index in [0.717, 1.165) is 16.6 Å². The maximum Gasteiger partial charge on any atom is 0.142 e. The smallest absolute Gasteiger partial charge is 0.142 e. The van der Waals surface area contributed by atoms with Gasteiger partial charge in [0.15, 0.2) is 0 Å². The van der Waals surface area contributed by atoms with Gasteiger partial charge in [0.25, 0.3) is 0 Å². The fourth-order valence-electron chi connectivity index (χ4n) is 1.48. The van der Waals surface area contributed by atoms with Crippen LogP contribution in [-0.2, 0) is 6.54 Å². The van der Waals surface area contributed by atoms with Crippen LogP contribution in [0.25, 0.3) is 0 Å². The van der Waals surface area contributed by atoms with Crippen molar-refractivity contribution in [3.05, 3.63) is 45.4 Å². The van der Waals surface area contributed by atoms with E-state index in [1.54, 1.807) is 23.6 Å². The van der Waals surface area contributed by atoms with Crippen molar-refractivity contribution < 1.29 is 0 Å². The minimum absolute atomic E-state index is 0.429. The number of hydrogen-bond donors (Lipinski definition) is 0. The molecule has 0 unspecified atom stereocenters. The number of nitrogens with zero attached hydrogens (tertiary/aromatic N) is 3. The van der Waals surface area contributed by atoms with E-state index in [2.05, 4.69) is 9.88 Å². The first-order valence-electron chi connectivity index (χ1n) is 5.00. The number of thiophene rings is 1. The molecular formula is C12H10ClN3S. The Morgan fingerprint density at radius 2 is 2.29 bits per heavy atom. The molecule has 0 aliphatic heterocycles. The summed E-state index contributed by atoms with van der Waals surface area (Å²) in [7, 11) is 1.98. The molecule has 5 heteroatoms. The quantitative estimate of drug-likeness (QED) is 0.853. The lowest BCUT2D eigenvalue weighted by Crippen LogP contribution is -2.15. The van der Waals surface area contributed by atoms with Crippen LogP contribution in [-0.4, -0.2) is 12.0 Å². The van der Waals surface area contributed by atoms with Crippen molar-refractivity contribution in [2.24, 2.45) is 0 Å². The Kier molecular flexibility index (Phi) is 3.62. The summed E-state index contributed by atoms with van der Waals surface area (Å²) in [4.78, 5) is 7.19. The maximum atomic E-state index is 8.79. The molecule has 0 fully saturated rings. The van der Waals surface area contributed by atoms with Crippen molar-refractivity contribution >= 4 is 28.6 Å². The predicted octanol–water partition coefficient (Wildman–Crippen LogP) is 3.30. The third-order valence-corrected chi connectivity index (χ3v) is 3.54. The summed E-state index contributed by atoms with van der Waals surface area (Å²) in [6.07, 6.45) is 1.64. The molecule has 0 aliphatic rings. The molecule has 0 saturated carbocycles. The van der Waals surface area contributed by atoms with Gasteiger partial charge in [0, 0.05) is 23.8 Å². The van der Waals surface area contributed by atoms with Gasteiger partial charge < -0.3 is 4.90 Å². The van der Waals surface area contributed by atoms with E-state index >= 15 is 0 Å². The zero-order valence-electron chi connectivity index (χ0n) is 9.22. The number of nitriles is 1. The van der Waals surface area contributed by atoms with Crippen LogP contribution in [0.3, 0.4) is 0 Å². The first-order valence-corrected chi connectivity index (χ1v) is 6.20. The van der Waals surface area contributed by atoms with Crippen molar-refractivity contribution in [1.29, 1.82) is 5.26 Å². The van der Waals surface area contributed by atoms with Crippen molar-refractivity contribution in [1.82, 2.24) is 4.98 Å². The molecule has 17 heavy (non-hydrogen) atoms. The first kappa shape index (κ1) is 11.9. The van der Waals surface area contributed by atoms with Crippen molar-refractivity contribution in [2.75, 3.05) is 11.9 Å². The van der Waals surface area contributed by atoms with E-state index in [1.807, 2.05) is 31.3 Å². The Bertz CT molecular complexity index is 559. The van der Waals surface area contributed by atoms with Crippen LogP contribution in [0.15, 0.2) is 30.5 Å². The summed E-state index contributed by atoms with van der Waals surface area (Å²) in [5.41, 5.74) is 1.40. The number of pyridine rings is 1. The zero-order chi connectivity index (χ0) is 12.3. The molecule has 2 rings (SSSR count). The highest BCUT2D eigenvalue weighted by Gasteiger charge is 2.05. The van der Waals surface area contributed by atoms with Crippen LogP contribution in [0.4, 0.5) is 5.69 Å². The lowest BCUT2D eigenvalue weighted by molar-refractivity contribution is 0.936. The minimum Gasteiger partial charge on any atom is -0.369 e. The number of rotatable bonds is 3. The maximum absolute atomic E-state index is 8.79. The Morgan fingerprint density at radius 3 is 2.94 bits per heavy atom. The van der Waals surface area contributed by atoms with E-state index in [4.69, 9.17) is 16.9 Å². The van der Waals surface area contributed by atoms with Crippen molar-refractivity contribution in [2.45, 2.75) is 6.54 Å². The van der Waals surface area contributed by atoms with Crippen LogP contribution in [0.5, 0.6) is 0 Å². The Hall–Kier alpha value is -1.57. The summed E-state index contributed by atoms with van der Waals surface area (Å²) < 4.78 is 0.792. The van der Waals surface area contributed by atoms with Gasteiger partial charge in [0.05, 0.1) is 10.9 Å². The Labute approximate surface area is 109 Å². The standard InChI is InChI=1S/C12H10ClN3S/c1-16(8-11-2-3-12(13)17-11)10-4-5-15-9(6-10)7-14/h2-6H,8H2,1H3. The molecule has 0 radical (unpaired) electrons. The molecule has 0 saturated heterocycles. The second-order valence-corrected chi connectivity index (χ2v) is 5.37. The van der Waals surface area contributed by atoms with Gasteiger partial charge in [-0.25, -0.2) is 4.98 Å². The molecule has 0 atom stereocenters. The third kappa shape index (κ3) is 2.96. The molecule has 2 aromatic rings. The van der Waals surface area contributed by atoms with Crippen molar-refractivity contribution in [3.63, 3.8) is 0 Å². The topological polar surface area (TPSA) is 39.9 Å². The normalized spacial score (nSPS) is 9.94. The zero-order valence-corrected chi connectivity index (χ0v) is 10.8. The van der Waals surface area contributed by atoms with E-state index in [0.29, 0.717) is 5.69 Å². The summed E-state index contributed by atoms with van der Waals surface area (Å²) >= 11 is 7.45. The second-order valence-electron chi connectivity index (χ2n) is 3.57. The van der Waals surface area contributed by atoms with Gasteiger partial charge in [-0.05, 0) is 24.3 Å². The van der Waals surface area contributed by atoms with Gasteiger partial charge in [-0.3, -0.25) is 0 Å². The molecule has 0 N–H and O–H groups in total. The van der Waals surface area contributed by atoms with Gasteiger partial charge in [-0.15, -0.1) is 11.3 Å². The highest BCUT2D eigenvalue weighted by Crippen LogP contribution is 2.24. The third-order valence-electron chi connectivity index (χ3n) is 2.32. The summed E-state index contributed by atoms with van der Waals surface area (Å²) in [6, 6.07) is 9.59. The van der Waals surface area contributed by atoms with Crippen LogP contribution in [0.1, 0.15) is 10.6 Å². The molecule has 2 aromatic heterocycles. The minimum atomic E-state index is 0.429. The summed E-state index contributed by atoms with van der Waals surface area (Å²) in [6.45, 7) is 0.770. The van der Waals surface area contributed by atoms with Crippen LogP contribution >= 0.6 is 22.9 Å². The SMILES string of the molecule is CN(Cc1ccc(Cl)s1)c1ccnc(C#N)c1. The monoisotopic (exact) mass is 263 g/mol. The Balaban J connectivity index is 2.14. The number of anilines is 1. The fourth-order valence-corrected chi connectivity index (χ4v) is 2.62. The van der Waals surface area contributed by atoms with E-state index in [-0.39, 0.29) is 0 Å². The van der Waals surface area contributed by atoms with Gasteiger partial charge in [-0.1, -0.05) is 11.6 Å². The Morgan fingerprint density at radius 1 is 1.47 bits per heavy atom. The molecule has 0 aromatic carbocycles. The second kappa shape index (κ2) is 5.17.